The molecule has 0 spiro atoms. The molecule has 0 N–H and O–H groups in total. The Morgan fingerprint density at radius 2 is 1.35 bits per heavy atom. The second-order valence-electron chi connectivity index (χ2n) is 6.44. The molecule has 1 atom stereocenters. The number of carbonyl (C=O) groups excluding carboxylic acids is 1. The van der Waals surface area contributed by atoms with Gasteiger partial charge in [0.05, 0.1) is 12.0 Å². The Balaban J connectivity index is 1.79. The van der Waals surface area contributed by atoms with Crippen LogP contribution in [0.5, 0.6) is 0 Å². The van der Waals surface area contributed by atoms with Gasteiger partial charge in [-0.2, -0.15) is 0 Å². The van der Waals surface area contributed by atoms with Crippen LogP contribution in [0.25, 0.3) is 0 Å². The standard InChI is InChI=1S/C23H19FNO/c24-19-11-13-20(14-12-19)25-21(15-16-22(25)26)23(17-7-3-1-4-8-17)18-9-5-2-6-10-18/h1-14,21H,15-16H2. The van der Waals surface area contributed by atoms with Gasteiger partial charge in [-0.15, -0.1) is 0 Å². The Morgan fingerprint density at radius 1 is 0.808 bits per heavy atom. The van der Waals surface area contributed by atoms with E-state index in [1.807, 2.05) is 41.3 Å². The lowest BCUT2D eigenvalue weighted by Gasteiger charge is -2.32. The van der Waals surface area contributed by atoms with Crippen LogP contribution in [0.4, 0.5) is 10.1 Å². The van der Waals surface area contributed by atoms with E-state index in [1.54, 1.807) is 12.1 Å². The van der Waals surface area contributed by atoms with Gasteiger partial charge in [-0.1, -0.05) is 60.7 Å². The van der Waals surface area contributed by atoms with Gasteiger partial charge in [0.25, 0.3) is 0 Å². The quantitative estimate of drug-likeness (QED) is 0.653. The van der Waals surface area contributed by atoms with Gasteiger partial charge in [0, 0.05) is 12.1 Å². The summed E-state index contributed by atoms with van der Waals surface area (Å²) >= 11 is 0. The van der Waals surface area contributed by atoms with E-state index < -0.39 is 0 Å². The van der Waals surface area contributed by atoms with Gasteiger partial charge in [0.2, 0.25) is 5.91 Å². The molecule has 1 aliphatic heterocycles. The molecule has 3 aromatic rings. The monoisotopic (exact) mass is 344 g/mol. The maximum atomic E-state index is 13.3. The molecule has 1 saturated heterocycles. The molecule has 3 heteroatoms. The van der Waals surface area contributed by atoms with Crippen LogP contribution in [0.3, 0.4) is 0 Å². The highest BCUT2D eigenvalue weighted by Gasteiger charge is 2.39. The van der Waals surface area contributed by atoms with Crippen molar-refractivity contribution >= 4 is 11.6 Å². The number of hydrogen-bond donors (Lipinski definition) is 0. The number of hydrogen-bond acceptors (Lipinski definition) is 1. The molecule has 1 unspecified atom stereocenters. The minimum absolute atomic E-state index is 0.0715. The molecule has 1 fully saturated rings. The highest BCUT2D eigenvalue weighted by atomic mass is 19.1. The van der Waals surface area contributed by atoms with Crippen molar-refractivity contribution in [1.29, 1.82) is 0 Å². The van der Waals surface area contributed by atoms with Crippen molar-refractivity contribution in [3.8, 4) is 0 Å². The summed E-state index contributed by atoms with van der Waals surface area (Å²) in [4.78, 5) is 14.5. The van der Waals surface area contributed by atoms with Crippen LogP contribution in [0.2, 0.25) is 0 Å². The molecule has 1 amide bonds. The Kier molecular flexibility index (Phi) is 4.53. The van der Waals surface area contributed by atoms with Crippen molar-refractivity contribution in [1.82, 2.24) is 0 Å². The lowest BCUT2D eigenvalue weighted by atomic mass is 9.83. The summed E-state index contributed by atoms with van der Waals surface area (Å²) in [5.74, 6) is 0.902. The van der Waals surface area contributed by atoms with Crippen molar-refractivity contribution in [2.24, 2.45) is 0 Å². The average Bonchev–Trinajstić information content (AvgIpc) is 3.06. The van der Waals surface area contributed by atoms with E-state index in [9.17, 15) is 9.18 Å². The number of nitrogens with zero attached hydrogens (tertiary/aromatic N) is 1. The van der Waals surface area contributed by atoms with Gasteiger partial charge >= 0.3 is 0 Å². The summed E-state index contributed by atoms with van der Waals surface area (Å²) < 4.78 is 13.3. The third-order valence-electron chi connectivity index (χ3n) is 4.82. The highest BCUT2D eigenvalue weighted by molar-refractivity contribution is 5.97. The van der Waals surface area contributed by atoms with Gasteiger partial charge in [-0.05, 0) is 41.8 Å². The minimum Gasteiger partial charge on any atom is -0.308 e. The van der Waals surface area contributed by atoms with E-state index in [2.05, 4.69) is 24.3 Å². The highest BCUT2D eigenvalue weighted by Crippen LogP contribution is 2.38. The molecule has 26 heavy (non-hydrogen) atoms. The van der Waals surface area contributed by atoms with Crippen LogP contribution in [0.1, 0.15) is 24.0 Å². The zero-order valence-corrected chi connectivity index (χ0v) is 14.3. The predicted octanol–water partition coefficient (Wildman–Crippen LogP) is 4.99. The zero-order valence-electron chi connectivity index (χ0n) is 14.3. The van der Waals surface area contributed by atoms with Crippen molar-refractivity contribution in [3.05, 3.63) is 108 Å². The van der Waals surface area contributed by atoms with Gasteiger partial charge in [-0.25, -0.2) is 4.39 Å². The van der Waals surface area contributed by atoms with Crippen molar-refractivity contribution in [2.75, 3.05) is 4.90 Å². The van der Waals surface area contributed by atoms with Gasteiger partial charge < -0.3 is 4.90 Å². The summed E-state index contributed by atoms with van der Waals surface area (Å²) in [7, 11) is 0. The molecule has 0 bridgehead atoms. The first-order valence-electron chi connectivity index (χ1n) is 8.79. The molecule has 3 aromatic carbocycles. The van der Waals surface area contributed by atoms with Crippen LogP contribution in [0, 0.1) is 11.7 Å². The molecular formula is C23H19FNO. The maximum Gasteiger partial charge on any atom is 0.227 e. The number of carbonyl (C=O) groups is 1. The third kappa shape index (κ3) is 3.13. The van der Waals surface area contributed by atoms with E-state index >= 15 is 0 Å². The maximum absolute atomic E-state index is 13.3. The van der Waals surface area contributed by atoms with Crippen LogP contribution in [-0.4, -0.2) is 11.9 Å². The number of amides is 1. The second-order valence-corrected chi connectivity index (χ2v) is 6.44. The third-order valence-corrected chi connectivity index (χ3v) is 4.82. The fourth-order valence-electron chi connectivity index (χ4n) is 3.67. The average molecular weight is 344 g/mol. The number of rotatable bonds is 4. The molecule has 1 aliphatic rings. The topological polar surface area (TPSA) is 20.3 Å². The lowest BCUT2D eigenvalue weighted by molar-refractivity contribution is -0.117. The van der Waals surface area contributed by atoms with Gasteiger partial charge in [-0.3, -0.25) is 4.79 Å². The van der Waals surface area contributed by atoms with Crippen molar-refractivity contribution < 1.29 is 9.18 Å². The largest absolute Gasteiger partial charge is 0.308 e. The molecule has 0 saturated carbocycles. The molecule has 0 aliphatic carbocycles. The van der Waals surface area contributed by atoms with Crippen LogP contribution in [0.15, 0.2) is 84.9 Å². The second kappa shape index (κ2) is 7.12. The first-order chi connectivity index (χ1) is 12.7. The normalized spacial score (nSPS) is 17.1. The molecule has 0 aromatic heterocycles. The van der Waals surface area contributed by atoms with Crippen LogP contribution >= 0.6 is 0 Å². The van der Waals surface area contributed by atoms with E-state index in [4.69, 9.17) is 0 Å². The molecule has 2 nitrogen and oxygen atoms in total. The van der Waals surface area contributed by atoms with Crippen molar-refractivity contribution in [3.63, 3.8) is 0 Å². The lowest BCUT2D eigenvalue weighted by Crippen LogP contribution is -2.38. The smallest absolute Gasteiger partial charge is 0.227 e. The predicted molar refractivity (Wildman–Crippen MR) is 101 cm³/mol. The van der Waals surface area contributed by atoms with E-state index in [-0.39, 0.29) is 17.8 Å². The van der Waals surface area contributed by atoms with E-state index in [0.717, 1.165) is 29.2 Å². The minimum atomic E-state index is -0.299. The fraction of sp³-hybridized carbons (Fsp3) is 0.130. The number of halogens is 1. The number of anilines is 1. The van der Waals surface area contributed by atoms with Gasteiger partial charge in [0.15, 0.2) is 0 Å². The Morgan fingerprint density at radius 3 is 1.88 bits per heavy atom. The van der Waals surface area contributed by atoms with E-state index in [1.165, 1.54) is 12.1 Å². The fourth-order valence-corrected chi connectivity index (χ4v) is 3.67. The van der Waals surface area contributed by atoms with Crippen LogP contribution < -0.4 is 4.90 Å². The Hall–Kier alpha value is -2.94. The molecule has 1 radical (unpaired) electrons. The molecular weight excluding hydrogens is 325 g/mol. The first kappa shape index (κ1) is 16.5. The van der Waals surface area contributed by atoms with Crippen molar-refractivity contribution in [2.45, 2.75) is 18.9 Å². The summed E-state index contributed by atoms with van der Waals surface area (Å²) in [6, 6.07) is 26.4. The molecule has 1 heterocycles. The first-order valence-corrected chi connectivity index (χ1v) is 8.79. The summed E-state index contributed by atoms with van der Waals surface area (Å²) in [5, 5.41) is 0. The summed E-state index contributed by atoms with van der Waals surface area (Å²) in [6.07, 6.45) is 1.24. The van der Waals surface area contributed by atoms with Crippen LogP contribution in [-0.2, 0) is 4.79 Å². The number of benzene rings is 3. The Bertz CT molecular complexity index is 838. The summed E-state index contributed by atoms with van der Waals surface area (Å²) in [5.41, 5.74) is 2.94. The SMILES string of the molecule is O=C1CCC([C](c2ccccc2)c2ccccc2)N1c1ccc(F)cc1. The molecule has 129 valence electrons. The zero-order chi connectivity index (χ0) is 17.9. The summed E-state index contributed by atoms with van der Waals surface area (Å²) in [6.45, 7) is 0. The Labute approximate surface area is 152 Å². The molecule has 4 rings (SSSR count). The van der Waals surface area contributed by atoms with Gasteiger partial charge in [0.1, 0.15) is 5.82 Å². The van der Waals surface area contributed by atoms with E-state index in [0.29, 0.717) is 6.42 Å².